The lowest BCUT2D eigenvalue weighted by molar-refractivity contribution is -0.151. The van der Waals surface area contributed by atoms with Crippen molar-refractivity contribution >= 4 is 47.1 Å². The van der Waals surface area contributed by atoms with Crippen molar-refractivity contribution in [3.8, 4) is 0 Å². The number of aromatic nitrogens is 1. The molecule has 41 heavy (non-hydrogen) atoms. The van der Waals surface area contributed by atoms with Crippen molar-refractivity contribution in [2.45, 2.75) is 95.3 Å². The molecule has 1 saturated carbocycles. The lowest BCUT2D eigenvalue weighted by atomic mass is 9.91. The molecule has 4 rings (SSSR count). The van der Waals surface area contributed by atoms with Gasteiger partial charge in [-0.25, -0.2) is 0 Å². The van der Waals surface area contributed by atoms with Crippen LogP contribution in [0.25, 0.3) is 10.9 Å². The van der Waals surface area contributed by atoms with E-state index in [1.165, 1.54) is 4.90 Å². The van der Waals surface area contributed by atoms with Crippen LogP contribution in [0.4, 0.5) is 5.82 Å². The number of likely N-dealkylation sites (tertiary alicyclic amines) is 1. The van der Waals surface area contributed by atoms with E-state index in [9.17, 15) is 19.2 Å². The van der Waals surface area contributed by atoms with Crippen LogP contribution in [0, 0.1) is 6.92 Å². The van der Waals surface area contributed by atoms with Gasteiger partial charge < -0.3 is 41.2 Å². The summed E-state index contributed by atoms with van der Waals surface area (Å²) in [5, 5.41) is 4.13. The Labute approximate surface area is 241 Å². The van der Waals surface area contributed by atoms with Crippen LogP contribution in [-0.4, -0.2) is 81.9 Å². The van der Waals surface area contributed by atoms with E-state index in [4.69, 9.17) is 11.5 Å². The summed E-state index contributed by atoms with van der Waals surface area (Å²) in [7, 11) is 0. The third-order valence-electron chi connectivity index (χ3n) is 8.52. The second kappa shape index (κ2) is 13.2. The van der Waals surface area contributed by atoms with Crippen molar-refractivity contribution in [1.29, 1.82) is 0 Å². The van der Waals surface area contributed by atoms with Crippen molar-refractivity contribution in [3.05, 3.63) is 29.8 Å². The number of aldehydes is 2. The van der Waals surface area contributed by atoms with Crippen LogP contribution in [0.2, 0.25) is 0 Å². The van der Waals surface area contributed by atoms with Gasteiger partial charge in [-0.3, -0.25) is 14.6 Å². The summed E-state index contributed by atoms with van der Waals surface area (Å²) in [6.07, 6.45) is 8.23. The van der Waals surface area contributed by atoms with Gasteiger partial charge in [0.2, 0.25) is 5.91 Å². The molecule has 2 amide bonds. The summed E-state index contributed by atoms with van der Waals surface area (Å²) in [4.78, 5) is 63.6. The average Bonchev–Trinajstić information content (AvgIpc) is 3.59. The zero-order valence-electron chi connectivity index (χ0n) is 24.1. The fourth-order valence-corrected chi connectivity index (χ4v) is 6.29. The fourth-order valence-electron chi connectivity index (χ4n) is 6.29. The molecule has 3 atom stereocenters. The third kappa shape index (κ3) is 6.55. The molecule has 1 saturated heterocycles. The van der Waals surface area contributed by atoms with E-state index in [-0.39, 0.29) is 17.9 Å². The van der Waals surface area contributed by atoms with E-state index in [0.29, 0.717) is 50.9 Å². The molecule has 0 unspecified atom stereocenters. The quantitative estimate of drug-likeness (QED) is 0.101. The van der Waals surface area contributed by atoms with E-state index >= 15 is 0 Å². The molecule has 1 aliphatic carbocycles. The monoisotopic (exact) mass is 565 g/mol. The van der Waals surface area contributed by atoms with Crippen LogP contribution in [0.3, 0.4) is 0 Å². The first-order valence-electron chi connectivity index (χ1n) is 14.7. The summed E-state index contributed by atoms with van der Waals surface area (Å²) in [5.41, 5.74) is 11.1. The molecule has 11 heteroatoms. The number of aliphatic imine (C=N–C) groups is 1. The van der Waals surface area contributed by atoms with Gasteiger partial charge in [-0.15, -0.1) is 0 Å². The maximum atomic E-state index is 14.2. The molecule has 2 fully saturated rings. The number of aryl methyl sites for hydroxylation is 1. The first kappa shape index (κ1) is 30.1. The number of para-hydroxylation sites is 1. The zero-order chi connectivity index (χ0) is 29.6. The minimum absolute atomic E-state index is 0.0116. The van der Waals surface area contributed by atoms with Gasteiger partial charge in [0.05, 0.1) is 6.04 Å². The van der Waals surface area contributed by atoms with Gasteiger partial charge in [-0.2, -0.15) is 0 Å². The number of hydrogen-bond acceptors (Lipinski definition) is 6. The normalized spacial score (nSPS) is 19.8. The van der Waals surface area contributed by atoms with Gasteiger partial charge in [0.1, 0.15) is 18.1 Å². The van der Waals surface area contributed by atoms with Crippen molar-refractivity contribution in [2.75, 3.05) is 18.4 Å². The predicted molar refractivity (Wildman–Crippen MR) is 159 cm³/mol. The smallest absolute Gasteiger partial charge is 0.256 e. The Morgan fingerprint density at radius 1 is 1.17 bits per heavy atom. The Hall–Kier alpha value is -3.89. The highest BCUT2D eigenvalue weighted by Gasteiger charge is 2.46. The standard InChI is InChI=1S/C30H43N7O4/c1-20-23-13-6-7-14-24(23)34-26(20)35-30(2,19-39)28(41)36-17-9-15-25(36)27(40)37(21-10-4-3-5-11-21)22(18-38)12-8-16-33-29(31)32/h6-7,13-14,18-19,21-22,25,34-35H,3-5,8-12,15-17H2,1-2H3,(H4,31,32,33)/t22-,25-,30+/m0/s1. The highest BCUT2D eigenvalue weighted by Crippen LogP contribution is 2.32. The van der Waals surface area contributed by atoms with Crippen molar-refractivity contribution in [2.24, 2.45) is 16.5 Å². The minimum Gasteiger partial charge on any atom is -0.370 e. The van der Waals surface area contributed by atoms with E-state index in [0.717, 1.165) is 54.9 Å². The third-order valence-corrected chi connectivity index (χ3v) is 8.52. The molecule has 0 spiro atoms. The number of nitrogens with zero attached hydrogens (tertiary/aromatic N) is 3. The maximum Gasteiger partial charge on any atom is 0.256 e. The van der Waals surface area contributed by atoms with Crippen LogP contribution in [0.5, 0.6) is 0 Å². The molecule has 0 radical (unpaired) electrons. The SMILES string of the molecule is Cc1c(N[C@](C)(C=O)C(=O)N2CCC[C@H]2C(=O)N(C2CCCCC2)[C@H](C=O)CCCN=C(N)N)[nH]c2ccccc12. The molecule has 222 valence electrons. The molecular formula is C30H43N7O4. The number of nitrogens with one attached hydrogen (secondary N) is 2. The molecular weight excluding hydrogens is 522 g/mol. The Kier molecular flexibility index (Phi) is 9.67. The lowest BCUT2D eigenvalue weighted by Crippen LogP contribution is -2.60. The van der Waals surface area contributed by atoms with Gasteiger partial charge in [-0.1, -0.05) is 37.5 Å². The fraction of sp³-hybridized carbons (Fsp3) is 0.567. The largest absolute Gasteiger partial charge is 0.370 e. The summed E-state index contributed by atoms with van der Waals surface area (Å²) >= 11 is 0. The number of carbonyl (C=O) groups excluding carboxylic acids is 4. The Bertz CT molecular complexity index is 1280. The number of carbonyl (C=O) groups is 4. The number of amides is 2. The molecule has 0 bridgehead atoms. The number of rotatable bonds is 12. The first-order valence-corrected chi connectivity index (χ1v) is 14.7. The molecule has 1 aliphatic heterocycles. The highest BCUT2D eigenvalue weighted by atomic mass is 16.2. The second-order valence-corrected chi connectivity index (χ2v) is 11.5. The first-order chi connectivity index (χ1) is 19.7. The Morgan fingerprint density at radius 3 is 2.56 bits per heavy atom. The topological polar surface area (TPSA) is 167 Å². The van der Waals surface area contributed by atoms with Gasteiger partial charge >= 0.3 is 0 Å². The van der Waals surface area contributed by atoms with Gasteiger partial charge in [-0.05, 0) is 64.0 Å². The molecule has 6 N–H and O–H groups in total. The summed E-state index contributed by atoms with van der Waals surface area (Å²) < 4.78 is 0. The molecule has 2 aromatic rings. The van der Waals surface area contributed by atoms with Gasteiger partial charge in [0.15, 0.2) is 17.8 Å². The number of anilines is 1. The summed E-state index contributed by atoms with van der Waals surface area (Å²) in [6, 6.07) is 6.31. The molecule has 1 aromatic heterocycles. The summed E-state index contributed by atoms with van der Waals surface area (Å²) in [5.74, 6) is -0.110. The van der Waals surface area contributed by atoms with E-state index in [1.807, 2.05) is 31.2 Å². The number of guanidine groups is 1. The summed E-state index contributed by atoms with van der Waals surface area (Å²) in [6.45, 7) is 4.20. The number of H-pyrrole nitrogens is 1. The Balaban J connectivity index is 1.57. The maximum absolute atomic E-state index is 14.2. The molecule has 2 aliphatic rings. The number of nitrogens with two attached hydrogens (primary N) is 2. The van der Waals surface area contributed by atoms with Crippen molar-refractivity contribution in [1.82, 2.24) is 14.8 Å². The zero-order valence-corrected chi connectivity index (χ0v) is 24.1. The van der Waals surface area contributed by atoms with Crippen molar-refractivity contribution < 1.29 is 19.2 Å². The molecule has 2 heterocycles. The second-order valence-electron chi connectivity index (χ2n) is 11.5. The number of aromatic amines is 1. The molecule has 11 nitrogen and oxygen atoms in total. The van der Waals surface area contributed by atoms with E-state index in [2.05, 4.69) is 15.3 Å². The van der Waals surface area contributed by atoms with Crippen LogP contribution < -0.4 is 16.8 Å². The predicted octanol–water partition coefficient (Wildman–Crippen LogP) is 2.62. The van der Waals surface area contributed by atoms with Crippen LogP contribution in [0.15, 0.2) is 29.3 Å². The number of benzene rings is 1. The van der Waals surface area contributed by atoms with Crippen LogP contribution >= 0.6 is 0 Å². The Morgan fingerprint density at radius 2 is 1.90 bits per heavy atom. The van der Waals surface area contributed by atoms with Gasteiger partial charge in [0, 0.05) is 30.0 Å². The molecule has 1 aromatic carbocycles. The average molecular weight is 566 g/mol. The van der Waals surface area contributed by atoms with E-state index < -0.39 is 23.5 Å². The van der Waals surface area contributed by atoms with E-state index in [1.54, 1.807) is 11.8 Å². The lowest BCUT2D eigenvalue weighted by Gasteiger charge is -2.41. The van der Waals surface area contributed by atoms with Crippen LogP contribution in [-0.2, 0) is 19.2 Å². The van der Waals surface area contributed by atoms with Crippen LogP contribution in [0.1, 0.15) is 70.3 Å². The highest BCUT2D eigenvalue weighted by molar-refractivity contribution is 6.06. The number of hydrogen-bond donors (Lipinski definition) is 4. The minimum atomic E-state index is -1.59. The number of fused-ring (bicyclic) bond motifs is 1. The van der Waals surface area contributed by atoms with Gasteiger partial charge in [0.25, 0.3) is 5.91 Å². The van der Waals surface area contributed by atoms with Crippen molar-refractivity contribution in [3.63, 3.8) is 0 Å².